The fourth-order valence-corrected chi connectivity index (χ4v) is 2.38. The Morgan fingerprint density at radius 3 is 2.52 bits per heavy atom. The highest BCUT2D eigenvalue weighted by atomic mass is 16.5. The lowest BCUT2D eigenvalue weighted by Crippen LogP contribution is -2.20. The number of carboxylic acid groups (broad SMARTS) is 1. The quantitative estimate of drug-likeness (QED) is 0.886. The highest BCUT2D eigenvalue weighted by molar-refractivity contribution is 5.71. The molecule has 21 heavy (non-hydrogen) atoms. The maximum absolute atomic E-state index is 11.6. The van der Waals surface area contributed by atoms with Crippen molar-refractivity contribution in [2.24, 2.45) is 5.92 Å². The Labute approximate surface area is 124 Å². The molecule has 0 amide bonds. The van der Waals surface area contributed by atoms with Crippen LogP contribution in [0.5, 0.6) is 5.88 Å². The summed E-state index contributed by atoms with van der Waals surface area (Å²) >= 11 is 0. The van der Waals surface area contributed by atoms with Gasteiger partial charge in [0.25, 0.3) is 0 Å². The number of methoxy groups -OCH3 is 1. The van der Waals surface area contributed by atoms with E-state index in [1.54, 1.807) is 19.4 Å². The normalized spacial score (nSPS) is 11.9. The maximum atomic E-state index is 11.6. The fraction of sp³-hybridized carbons (Fsp3) is 0.294. The highest BCUT2D eigenvalue weighted by Gasteiger charge is 2.21. The van der Waals surface area contributed by atoms with E-state index in [1.807, 2.05) is 37.3 Å². The highest BCUT2D eigenvalue weighted by Crippen LogP contribution is 2.22. The summed E-state index contributed by atoms with van der Waals surface area (Å²) in [7, 11) is 1.54. The minimum absolute atomic E-state index is 0.403. The van der Waals surface area contributed by atoms with Crippen molar-refractivity contribution in [3.05, 3.63) is 59.3 Å². The smallest absolute Gasteiger partial charge is 0.307 e. The first-order valence-corrected chi connectivity index (χ1v) is 6.87. The van der Waals surface area contributed by atoms with Gasteiger partial charge in [-0.2, -0.15) is 0 Å². The second-order valence-corrected chi connectivity index (χ2v) is 5.04. The van der Waals surface area contributed by atoms with E-state index in [0.717, 1.165) is 16.7 Å². The van der Waals surface area contributed by atoms with Gasteiger partial charge in [0, 0.05) is 11.8 Å². The molecule has 4 nitrogen and oxygen atoms in total. The van der Waals surface area contributed by atoms with E-state index in [9.17, 15) is 9.90 Å². The molecular weight excluding hydrogens is 266 g/mol. The molecule has 4 heteroatoms. The summed E-state index contributed by atoms with van der Waals surface area (Å²) in [6.07, 6.45) is 2.54. The monoisotopic (exact) mass is 285 g/mol. The minimum atomic E-state index is -0.802. The summed E-state index contributed by atoms with van der Waals surface area (Å²) in [5.74, 6) is -0.804. The molecule has 1 unspecified atom stereocenters. The minimum Gasteiger partial charge on any atom is -0.481 e. The molecule has 110 valence electrons. The van der Waals surface area contributed by atoms with Gasteiger partial charge in [0.15, 0.2) is 0 Å². The third kappa shape index (κ3) is 3.81. The number of ether oxygens (including phenoxy) is 1. The zero-order valence-electron chi connectivity index (χ0n) is 12.2. The topological polar surface area (TPSA) is 59.4 Å². The Morgan fingerprint density at radius 1 is 1.19 bits per heavy atom. The second-order valence-electron chi connectivity index (χ2n) is 5.04. The summed E-state index contributed by atoms with van der Waals surface area (Å²) in [4.78, 5) is 15.7. The first-order chi connectivity index (χ1) is 10.1. The Morgan fingerprint density at radius 2 is 1.86 bits per heavy atom. The van der Waals surface area contributed by atoms with Crippen LogP contribution in [0.1, 0.15) is 16.7 Å². The molecule has 1 N–H and O–H groups in total. The number of nitrogens with zero attached hydrogens (tertiary/aromatic N) is 1. The van der Waals surface area contributed by atoms with Crippen LogP contribution in [-0.4, -0.2) is 23.2 Å². The van der Waals surface area contributed by atoms with Crippen LogP contribution in [0.25, 0.3) is 0 Å². The van der Waals surface area contributed by atoms with E-state index in [4.69, 9.17) is 4.74 Å². The van der Waals surface area contributed by atoms with Gasteiger partial charge in [-0.1, -0.05) is 30.3 Å². The molecule has 0 aliphatic carbocycles. The molecule has 0 saturated carbocycles. The van der Waals surface area contributed by atoms with Crippen molar-refractivity contribution in [3.63, 3.8) is 0 Å². The van der Waals surface area contributed by atoms with Gasteiger partial charge in [0.05, 0.1) is 13.0 Å². The van der Waals surface area contributed by atoms with Crippen LogP contribution in [0.3, 0.4) is 0 Å². The van der Waals surface area contributed by atoms with E-state index in [-0.39, 0.29) is 0 Å². The van der Waals surface area contributed by atoms with Crippen LogP contribution in [0.15, 0.2) is 42.6 Å². The Bertz CT molecular complexity index is 625. The SMILES string of the molecule is COc1ncccc1CC(Cc1ccccc1C)C(=O)O. The van der Waals surface area contributed by atoms with Gasteiger partial charge in [-0.25, -0.2) is 4.98 Å². The molecule has 0 saturated heterocycles. The fourth-order valence-electron chi connectivity index (χ4n) is 2.38. The third-order valence-electron chi connectivity index (χ3n) is 3.59. The molecule has 1 heterocycles. The third-order valence-corrected chi connectivity index (χ3v) is 3.59. The van der Waals surface area contributed by atoms with Gasteiger partial charge in [-0.05, 0) is 37.0 Å². The number of pyridine rings is 1. The van der Waals surface area contributed by atoms with Crippen molar-refractivity contribution in [1.29, 1.82) is 0 Å². The summed E-state index contributed by atoms with van der Waals surface area (Å²) < 4.78 is 5.20. The number of carbonyl (C=O) groups is 1. The van der Waals surface area contributed by atoms with Gasteiger partial charge in [0.1, 0.15) is 0 Å². The van der Waals surface area contributed by atoms with E-state index >= 15 is 0 Å². The number of benzene rings is 1. The number of hydrogen-bond acceptors (Lipinski definition) is 3. The van der Waals surface area contributed by atoms with E-state index < -0.39 is 11.9 Å². The number of aliphatic carboxylic acids is 1. The van der Waals surface area contributed by atoms with Crippen LogP contribution >= 0.6 is 0 Å². The second kappa shape index (κ2) is 6.88. The number of rotatable bonds is 6. The number of aromatic nitrogens is 1. The van der Waals surface area contributed by atoms with Gasteiger partial charge >= 0.3 is 5.97 Å². The van der Waals surface area contributed by atoms with Crippen molar-refractivity contribution in [2.45, 2.75) is 19.8 Å². The van der Waals surface area contributed by atoms with Crippen LogP contribution in [0.4, 0.5) is 0 Å². The largest absolute Gasteiger partial charge is 0.481 e. The molecule has 1 aromatic carbocycles. The zero-order valence-corrected chi connectivity index (χ0v) is 12.2. The van der Waals surface area contributed by atoms with Gasteiger partial charge < -0.3 is 9.84 Å². The molecule has 0 radical (unpaired) electrons. The van der Waals surface area contributed by atoms with Gasteiger partial charge in [-0.3, -0.25) is 4.79 Å². The van der Waals surface area contributed by atoms with Crippen LogP contribution < -0.4 is 4.74 Å². The average molecular weight is 285 g/mol. The Hall–Kier alpha value is -2.36. The molecule has 2 rings (SSSR count). The van der Waals surface area contributed by atoms with Gasteiger partial charge in [-0.15, -0.1) is 0 Å². The molecular formula is C17H19NO3. The summed E-state index contributed by atoms with van der Waals surface area (Å²) in [6, 6.07) is 11.5. The lowest BCUT2D eigenvalue weighted by molar-refractivity contribution is -0.141. The Kier molecular flexibility index (Phi) is 4.93. The number of hydrogen-bond donors (Lipinski definition) is 1. The molecule has 0 aliphatic rings. The predicted octanol–water partition coefficient (Wildman–Crippen LogP) is 2.88. The Balaban J connectivity index is 2.20. The number of aryl methyl sites for hydroxylation is 1. The molecule has 1 aromatic heterocycles. The maximum Gasteiger partial charge on any atom is 0.307 e. The van der Waals surface area contributed by atoms with E-state index in [2.05, 4.69) is 4.98 Å². The molecule has 0 fully saturated rings. The molecule has 0 bridgehead atoms. The predicted molar refractivity (Wildman–Crippen MR) is 80.5 cm³/mol. The molecule has 2 aromatic rings. The van der Waals surface area contributed by atoms with E-state index in [1.165, 1.54) is 0 Å². The standard InChI is InChI=1S/C17H19NO3/c1-12-6-3-4-7-13(12)10-15(17(19)20)11-14-8-5-9-18-16(14)21-2/h3-9,15H,10-11H2,1-2H3,(H,19,20). The van der Waals surface area contributed by atoms with Crippen molar-refractivity contribution in [2.75, 3.05) is 7.11 Å². The van der Waals surface area contributed by atoms with Crippen LogP contribution in [0, 0.1) is 12.8 Å². The van der Waals surface area contributed by atoms with Crippen molar-refractivity contribution in [3.8, 4) is 5.88 Å². The summed E-state index contributed by atoms with van der Waals surface area (Å²) in [6.45, 7) is 2.00. The van der Waals surface area contributed by atoms with E-state index in [0.29, 0.717) is 18.7 Å². The molecule has 0 aliphatic heterocycles. The van der Waals surface area contributed by atoms with Crippen LogP contribution in [-0.2, 0) is 17.6 Å². The molecule has 1 atom stereocenters. The lowest BCUT2D eigenvalue weighted by Gasteiger charge is -2.15. The first-order valence-electron chi connectivity index (χ1n) is 6.87. The summed E-state index contributed by atoms with van der Waals surface area (Å²) in [5.41, 5.74) is 3.00. The molecule has 0 spiro atoms. The summed E-state index contributed by atoms with van der Waals surface area (Å²) in [5, 5.41) is 9.49. The van der Waals surface area contributed by atoms with Gasteiger partial charge in [0.2, 0.25) is 5.88 Å². The lowest BCUT2D eigenvalue weighted by atomic mass is 9.91. The van der Waals surface area contributed by atoms with Crippen molar-refractivity contribution in [1.82, 2.24) is 4.98 Å². The first kappa shape index (κ1) is 15.0. The van der Waals surface area contributed by atoms with Crippen molar-refractivity contribution >= 4 is 5.97 Å². The van der Waals surface area contributed by atoms with Crippen molar-refractivity contribution < 1.29 is 14.6 Å². The van der Waals surface area contributed by atoms with Crippen LogP contribution in [0.2, 0.25) is 0 Å². The zero-order chi connectivity index (χ0) is 15.2. The average Bonchev–Trinajstić information content (AvgIpc) is 2.49. The number of carboxylic acids is 1.